The molecule has 0 aliphatic carbocycles. The molecule has 29 heavy (non-hydrogen) atoms. The van der Waals surface area contributed by atoms with Crippen molar-refractivity contribution >= 4 is 33.2 Å². The fourth-order valence-corrected chi connectivity index (χ4v) is 5.23. The van der Waals surface area contributed by atoms with E-state index in [1.54, 1.807) is 7.11 Å². The Bertz CT molecular complexity index is 1020. The maximum atomic E-state index is 10.6. The van der Waals surface area contributed by atoms with Crippen LogP contribution in [0.15, 0.2) is 42.5 Å². The first-order valence-electron chi connectivity index (χ1n) is 9.91. The third kappa shape index (κ3) is 4.67. The fraction of sp³-hybridized carbons (Fsp3) is 0.409. The number of nitrogens with one attached hydrogen (secondary N) is 1. The molecule has 0 bridgehead atoms. The first-order valence-corrected chi connectivity index (χ1v) is 11.1. The van der Waals surface area contributed by atoms with E-state index in [4.69, 9.17) is 21.7 Å². The zero-order valence-electron chi connectivity index (χ0n) is 16.5. The number of fused-ring (bicyclic) bond motifs is 1. The number of thiazole rings is 1. The summed E-state index contributed by atoms with van der Waals surface area (Å²) in [7, 11) is 1.64. The molecular formula is C22H26ClN3O2S. The van der Waals surface area contributed by atoms with Gasteiger partial charge in [0.05, 0.1) is 23.4 Å². The normalized spacial score (nSPS) is 16.9. The van der Waals surface area contributed by atoms with Crippen LogP contribution in [0, 0.1) is 11.3 Å². The standard InChI is InChI=1S/C22H26ClN3O2S/c1-28-18-5-2-16(3-6-18)20(27)14-25-10-8-15(9-11-25)13-26-19-7-4-17(23)12-21(19)29-22(26)24/h2-7,12,15,20,24,27H,8-11,13-14H2,1H3. The van der Waals surface area contributed by atoms with Crippen LogP contribution in [0.1, 0.15) is 24.5 Å². The van der Waals surface area contributed by atoms with Crippen LogP contribution in [0.4, 0.5) is 0 Å². The molecule has 1 aliphatic rings. The van der Waals surface area contributed by atoms with Crippen molar-refractivity contribution in [1.82, 2.24) is 9.47 Å². The number of rotatable bonds is 6. The van der Waals surface area contributed by atoms with Crippen molar-refractivity contribution < 1.29 is 9.84 Å². The van der Waals surface area contributed by atoms with E-state index < -0.39 is 6.10 Å². The number of likely N-dealkylation sites (tertiary alicyclic amines) is 1. The third-order valence-corrected chi connectivity index (χ3v) is 6.94. The number of ether oxygens (including phenoxy) is 1. The number of nitrogens with zero attached hydrogens (tertiary/aromatic N) is 2. The van der Waals surface area contributed by atoms with Gasteiger partial charge < -0.3 is 19.3 Å². The van der Waals surface area contributed by atoms with Gasteiger partial charge in [-0.3, -0.25) is 5.41 Å². The average Bonchev–Trinajstić information content (AvgIpc) is 3.03. The SMILES string of the molecule is COc1ccc(C(O)CN2CCC(Cn3c(=N)sc4cc(Cl)ccc43)CC2)cc1. The van der Waals surface area contributed by atoms with Crippen LogP contribution < -0.4 is 9.54 Å². The minimum absolute atomic E-state index is 0.489. The van der Waals surface area contributed by atoms with E-state index >= 15 is 0 Å². The van der Waals surface area contributed by atoms with E-state index in [1.807, 2.05) is 42.5 Å². The fourth-order valence-electron chi connectivity index (χ4n) is 4.03. The Labute approximate surface area is 179 Å². The number of benzene rings is 2. The number of aliphatic hydroxyl groups excluding tert-OH is 1. The Kier molecular flexibility index (Phi) is 6.25. The molecule has 4 rings (SSSR count). The highest BCUT2D eigenvalue weighted by molar-refractivity contribution is 7.16. The minimum atomic E-state index is -0.489. The van der Waals surface area contributed by atoms with Gasteiger partial charge in [-0.25, -0.2) is 0 Å². The van der Waals surface area contributed by atoms with Gasteiger partial charge in [0.1, 0.15) is 5.75 Å². The summed E-state index contributed by atoms with van der Waals surface area (Å²) < 4.78 is 8.37. The van der Waals surface area contributed by atoms with Gasteiger partial charge in [0.2, 0.25) is 0 Å². The van der Waals surface area contributed by atoms with Crippen LogP contribution in [0.25, 0.3) is 10.2 Å². The lowest BCUT2D eigenvalue weighted by Crippen LogP contribution is -2.38. The summed E-state index contributed by atoms with van der Waals surface area (Å²) in [5.41, 5.74) is 2.02. The summed E-state index contributed by atoms with van der Waals surface area (Å²) in [4.78, 5) is 2.92. The molecule has 3 aromatic rings. The molecule has 2 aromatic carbocycles. The lowest BCUT2D eigenvalue weighted by molar-refractivity contribution is 0.0867. The van der Waals surface area contributed by atoms with Crippen LogP contribution in [0.3, 0.4) is 0 Å². The van der Waals surface area contributed by atoms with Gasteiger partial charge in [-0.15, -0.1) is 0 Å². The van der Waals surface area contributed by atoms with Gasteiger partial charge in [-0.2, -0.15) is 0 Å². The summed E-state index contributed by atoms with van der Waals surface area (Å²) in [5.74, 6) is 1.35. The second kappa shape index (κ2) is 8.88. The van der Waals surface area contributed by atoms with Crippen LogP contribution in [0.2, 0.25) is 5.02 Å². The topological polar surface area (TPSA) is 61.5 Å². The summed E-state index contributed by atoms with van der Waals surface area (Å²) >= 11 is 7.58. The van der Waals surface area contributed by atoms with E-state index in [1.165, 1.54) is 11.3 Å². The summed E-state index contributed by atoms with van der Waals surface area (Å²) in [6, 6.07) is 13.5. The largest absolute Gasteiger partial charge is 0.497 e. The quantitative estimate of drug-likeness (QED) is 0.612. The zero-order chi connectivity index (χ0) is 20.4. The van der Waals surface area contributed by atoms with Gasteiger partial charge in [-0.1, -0.05) is 35.1 Å². The summed E-state index contributed by atoms with van der Waals surface area (Å²) in [5, 5.41) is 19.6. The van der Waals surface area contributed by atoms with Crippen LogP contribution >= 0.6 is 22.9 Å². The van der Waals surface area contributed by atoms with Crippen molar-refractivity contribution in [2.45, 2.75) is 25.5 Å². The van der Waals surface area contributed by atoms with E-state index in [-0.39, 0.29) is 0 Å². The molecule has 2 heterocycles. The highest BCUT2D eigenvalue weighted by atomic mass is 35.5. The maximum absolute atomic E-state index is 10.6. The Morgan fingerprint density at radius 2 is 1.93 bits per heavy atom. The number of aliphatic hydroxyl groups is 1. The van der Waals surface area contributed by atoms with Crippen molar-refractivity contribution in [1.29, 1.82) is 5.41 Å². The number of β-amino-alcohol motifs (C(OH)–C–C–N with tert-alkyl or cyclic N) is 1. The number of hydrogen-bond donors (Lipinski definition) is 2. The molecular weight excluding hydrogens is 406 g/mol. The number of hydrogen-bond acceptors (Lipinski definition) is 5. The summed E-state index contributed by atoms with van der Waals surface area (Å²) in [6.07, 6.45) is 1.66. The molecule has 1 aromatic heterocycles. The van der Waals surface area contributed by atoms with Crippen molar-refractivity contribution in [2.75, 3.05) is 26.7 Å². The number of piperidine rings is 1. The Morgan fingerprint density at radius 3 is 2.62 bits per heavy atom. The van der Waals surface area contributed by atoms with E-state index in [2.05, 4.69) is 9.47 Å². The Balaban J connectivity index is 1.34. The third-order valence-electron chi connectivity index (χ3n) is 5.74. The molecule has 7 heteroatoms. The van der Waals surface area contributed by atoms with E-state index in [0.29, 0.717) is 17.3 Å². The van der Waals surface area contributed by atoms with Gasteiger partial charge in [-0.05, 0) is 67.7 Å². The minimum Gasteiger partial charge on any atom is -0.497 e. The van der Waals surface area contributed by atoms with Crippen molar-refractivity contribution in [3.8, 4) is 5.75 Å². The molecule has 1 saturated heterocycles. The lowest BCUT2D eigenvalue weighted by atomic mass is 9.96. The molecule has 1 fully saturated rings. The van der Waals surface area contributed by atoms with Gasteiger partial charge in [0, 0.05) is 18.1 Å². The smallest absolute Gasteiger partial charge is 0.182 e. The van der Waals surface area contributed by atoms with Crippen molar-refractivity contribution in [3.05, 3.63) is 57.9 Å². The molecule has 0 spiro atoms. The molecule has 0 amide bonds. The molecule has 154 valence electrons. The van der Waals surface area contributed by atoms with Gasteiger partial charge in [0.15, 0.2) is 4.80 Å². The van der Waals surface area contributed by atoms with Crippen LogP contribution in [-0.2, 0) is 6.54 Å². The molecule has 0 radical (unpaired) electrons. The second-order valence-corrected chi connectivity index (χ2v) is 9.13. The average molecular weight is 432 g/mol. The molecule has 1 unspecified atom stereocenters. The first-order chi connectivity index (χ1) is 14.0. The summed E-state index contributed by atoms with van der Waals surface area (Å²) in [6.45, 7) is 3.46. The monoisotopic (exact) mass is 431 g/mol. The molecule has 1 atom stereocenters. The highest BCUT2D eigenvalue weighted by Gasteiger charge is 2.23. The van der Waals surface area contributed by atoms with Crippen molar-refractivity contribution in [3.63, 3.8) is 0 Å². The predicted octanol–water partition coefficient (Wildman–Crippen LogP) is 4.29. The first kappa shape index (κ1) is 20.4. The molecule has 0 saturated carbocycles. The van der Waals surface area contributed by atoms with Crippen molar-refractivity contribution in [2.24, 2.45) is 5.92 Å². The number of halogens is 1. The molecule has 1 aliphatic heterocycles. The van der Waals surface area contributed by atoms with Crippen LogP contribution in [0.5, 0.6) is 5.75 Å². The molecule has 5 nitrogen and oxygen atoms in total. The Hall–Kier alpha value is -1.86. The van der Waals surface area contributed by atoms with Crippen LogP contribution in [-0.4, -0.2) is 41.3 Å². The van der Waals surface area contributed by atoms with E-state index in [0.717, 1.165) is 59.0 Å². The second-order valence-electron chi connectivity index (χ2n) is 7.66. The van der Waals surface area contributed by atoms with Gasteiger partial charge in [0.25, 0.3) is 0 Å². The maximum Gasteiger partial charge on any atom is 0.182 e. The lowest BCUT2D eigenvalue weighted by Gasteiger charge is -2.33. The number of methoxy groups -OCH3 is 1. The zero-order valence-corrected chi connectivity index (χ0v) is 18.0. The van der Waals surface area contributed by atoms with E-state index in [9.17, 15) is 5.11 Å². The van der Waals surface area contributed by atoms with Gasteiger partial charge >= 0.3 is 0 Å². The highest BCUT2D eigenvalue weighted by Crippen LogP contribution is 2.26. The predicted molar refractivity (Wildman–Crippen MR) is 118 cm³/mol. The molecule has 2 N–H and O–H groups in total. The number of aromatic nitrogens is 1. The Morgan fingerprint density at radius 1 is 1.21 bits per heavy atom.